The van der Waals surface area contributed by atoms with E-state index in [-0.39, 0.29) is 25.0 Å². The average molecular weight is 308 g/mol. The van der Waals surface area contributed by atoms with E-state index in [0.717, 1.165) is 32.4 Å². The summed E-state index contributed by atoms with van der Waals surface area (Å²) in [6.45, 7) is 3.58. The molecular formula is C14H23F3N2O2. The quantitative estimate of drug-likeness (QED) is 0.845. The van der Waals surface area contributed by atoms with Gasteiger partial charge in [0, 0.05) is 25.9 Å². The largest absolute Gasteiger partial charge is 0.417 e. The molecule has 122 valence electrons. The highest BCUT2D eigenvalue weighted by Gasteiger charge is 2.55. The number of piperidine rings is 2. The molecule has 4 nitrogen and oxygen atoms in total. The molecule has 2 aliphatic heterocycles. The second-order valence-corrected chi connectivity index (χ2v) is 5.99. The normalized spacial score (nSPS) is 27.7. The number of nitrogens with zero attached hydrogens (tertiary/aromatic N) is 2. The maximum absolute atomic E-state index is 12.8. The number of hydrogen-bond acceptors (Lipinski definition) is 3. The van der Waals surface area contributed by atoms with Crippen molar-refractivity contribution in [3.05, 3.63) is 0 Å². The minimum absolute atomic E-state index is 0.0249. The van der Waals surface area contributed by atoms with Crippen LogP contribution in [0, 0.1) is 0 Å². The van der Waals surface area contributed by atoms with Crippen molar-refractivity contribution in [1.82, 2.24) is 9.80 Å². The van der Waals surface area contributed by atoms with Gasteiger partial charge in [0.25, 0.3) is 0 Å². The maximum atomic E-state index is 12.8. The minimum Gasteiger partial charge on any atom is -0.380 e. The Bertz CT molecular complexity index is 379. The third-order valence-corrected chi connectivity index (χ3v) is 4.73. The van der Waals surface area contributed by atoms with Crippen LogP contribution in [0.1, 0.15) is 39.0 Å². The van der Waals surface area contributed by atoms with Crippen molar-refractivity contribution in [3.63, 3.8) is 0 Å². The summed E-state index contributed by atoms with van der Waals surface area (Å²) < 4.78 is 38.3. The molecule has 1 atom stereocenters. The molecule has 0 radical (unpaired) electrons. The fourth-order valence-electron chi connectivity index (χ4n) is 3.24. The fraction of sp³-hybridized carbons (Fsp3) is 0.929. The number of hydrogen-bond donors (Lipinski definition) is 1. The van der Waals surface area contributed by atoms with Crippen LogP contribution in [-0.2, 0) is 4.79 Å². The van der Waals surface area contributed by atoms with Gasteiger partial charge >= 0.3 is 6.18 Å². The summed E-state index contributed by atoms with van der Waals surface area (Å²) in [5.41, 5.74) is -2.64. The van der Waals surface area contributed by atoms with Gasteiger partial charge < -0.3 is 10.0 Å². The van der Waals surface area contributed by atoms with E-state index < -0.39 is 24.6 Å². The van der Waals surface area contributed by atoms with Crippen LogP contribution < -0.4 is 0 Å². The van der Waals surface area contributed by atoms with Gasteiger partial charge in [0.2, 0.25) is 5.91 Å². The molecule has 2 fully saturated rings. The number of alkyl halides is 3. The highest BCUT2D eigenvalue weighted by molar-refractivity contribution is 5.82. The molecule has 21 heavy (non-hydrogen) atoms. The summed E-state index contributed by atoms with van der Waals surface area (Å²) in [6.07, 6.45) is -2.67. The minimum atomic E-state index is -4.62. The topological polar surface area (TPSA) is 43.8 Å². The van der Waals surface area contributed by atoms with Crippen molar-refractivity contribution < 1.29 is 23.1 Å². The van der Waals surface area contributed by atoms with Gasteiger partial charge in [-0.2, -0.15) is 13.2 Å². The zero-order chi connectivity index (χ0) is 15.7. The van der Waals surface area contributed by atoms with Gasteiger partial charge in [0.1, 0.15) is 0 Å². The molecule has 2 saturated heterocycles. The Balaban J connectivity index is 1.97. The van der Waals surface area contributed by atoms with E-state index in [1.54, 1.807) is 0 Å². The summed E-state index contributed by atoms with van der Waals surface area (Å²) in [5, 5.41) is 9.64. The number of halogens is 3. The molecule has 2 rings (SSSR count). The van der Waals surface area contributed by atoms with Crippen molar-refractivity contribution in [3.8, 4) is 0 Å². The number of rotatable bonds is 2. The van der Waals surface area contributed by atoms with Gasteiger partial charge in [-0.05, 0) is 25.9 Å². The first-order valence-corrected chi connectivity index (χ1v) is 7.60. The predicted molar refractivity (Wildman–Crippen MR) is 71.7 cm³/mol. The monoisotopic (exact) mass is 308 g/mol. The highest BCUT2D eigenvalue weighted by atomic mass is 19.4. The smallest absolute Gasteiger partial charge is 0.380 e. The second kappa shape index (κ2) is 6.12. The molecule has 0 spiro atoms. The Morgan fingerprint density at radius 1 is 1.24 bits per heavy atom. The molecule has 0 aromatic heterocycles. The first-order chi connectivity index (χ1) is 9.78. The zero-order valence-electron chi connectivity index (χ0n) is 12.3. The number of amides is 1. The molecule has 0 aromatic rings. The van der Waals surface area contributed by atoms with Crippen LogP contribution in [-0.4, -0.2) is 64.8 Å². The van der Waals surface area contributed by atoms with E-state index in [1.165, 1.54) is 4.90 Å². The van der Waals surface area contributed by atoms with Crippen molar-refractivity contribution in [2.75, 3.05) is 26.2 Å². The lowest BCUT2D eigenvalue weighted by Gasteiger charge is -2.42. The lowest BCUT2D eigenvalue weighted by Crippen LogP contribution is -2.58. The van der Waals surface area contributed by atoms with E-state index in [4.69, 9.17) is 0 Å². The summed E-state index contributed by atoms with van der Waals surface area (Å²) in [6, 6.07) is -0.208. The van der Waals surface area contributed by atoms with E-state index in [9.17, 15) is 23.1 Å². The van der Waals surface area contributed by atoms with Gasteiger partial charge in [0.15, 0.2) is 5.60 Å². The number of aliphatic hydroxyl groups is 1. The number of carbonyl (C=O) groups is 1. The lowest BCUT2D eigenvalue weighted by molar-refractivity contribution is -0.272. The third kappa shape index (κ3) is 3.34. The van der Waals surface area contributed by atoms with Gasteiger partial charge in [-0.15, -0.1) is 0 Å². The van der Waals surface area contributed by atoms with Crippen LogP contribution in [0.4, 0.5) is 13.2 Å². The van der Waals surface area contributed by atoms with Crippen LogP contribution in [0.5, 0.6) is 0 Å². The summed E-state index contributed by atoms with van der Waals surface area (Å²) in [5.74, 6) is -0.0826. The molecule has 1 amide bonds. The predicted octanol–water partition coefficient (Wildman–Crippen LogP) is 1.78. The SMILES string of the molecule is CCN1CCCCC1C(=O)N1CCC(O)(C(F)(F)F)CC1. The molecule has 2 aliphatic rings. The Hall–Kier alpha value is -0.820. The molecule has 7 heteroatoms. The first kappa shape index (κ1) is 16.5. The van der Waals surface area contributed by atoms with Gasteiger partial charge in [-0.3, -0.25) is 9.69 Å². The van der Waals surface area contributed by atoms with Crippen LogP contribution in [0.15, 0.2) is 0 Å². The Morgan fingerprint density at radius 2 is 1.86 bits per heavy atom. The molecule has 0 aliphatic carbocycles. The van der Waals surface area contributed by atoms with Crippen molar-refractivity contribution in [2.24, 2.45) is 0 Å². The average Bonchev–Trinajstić information content (AvgIpc) is 2.46. The van der Waals surface area contributed by atoms with Gasteiger partial charge in [-0.1, -0.05) is 13.3 Å². The van der Waals surface area contributed by atoms with Gasteiger partial charge in [0.05, 0.1) is 6.04 Å². The number of carbonyl (C=O) groups excluding carboxylic acids is 1. The molecule has 1 N–H and O–H groups in total. The van der Waals surface area contributed by atoms with Crippen molar-refractivity contribution >= 4 is 5.91 Å². The molecular weight excluding hydrogens is 285 g/mol. The standard InChI is InChI=1S/C14H23F3N2O2/c1-2-18-8-4-3-5-11(18)12(20)19-9-6-13(21,7-10-19)14(15,16)17/h11,21H,2-10H2,1H3. The van der Waals surface area contributed by atoms with E-state index in [0.29, 0.717) is 0 Å². The summed E-state index contributed by atoms with van der Waals surface area (Å²) in [7, 11) is 0. The fourth-order valence-corrected chi connectivity index (χ4v) is 3.24. The van der Waals surface area contributed by atoms with Crippen molar-refractivity contribution in [1.29, 1.82) is 0 Å². The number of likely N-dealkylation sites (N-methyl/N-ethyl adjacent to an activating group) is 1. The number of likely N-dealkylation sites (tertiary alicyclic amines) is 2. The van der Waals surface area contributed by atoms with E-state index >= 15 is 0 Å². The first-order valence-electron chi connectivity index (χ1n) is 7.60. The molecule has 0 aromatic carbocycles. The van der Waals surface area contributed by atoms with Crippen molar-refractivity contribution in [2.45, 2.75) is 56.8 Å². The molecule has 1 unspecified atom stereocenters. The van der Waals surface area contributed by atoms with Crippen LogP contribution in [0.2, 0.25) is 0 Å². The molecule has 0 saturated carbocycles. The Morgan fingerprint density at radius 3 is 2.38 bits per heavy atom. The zero-order valence-corrected chi connectivity index (χ0v) is 12.3. The maximum Gasteiger partial charge on any atom is 0.417 e. The summed E-state index contributed by atoms with van der Waals surface area (Å²) in [4.78, 5) is 16.1. The van der Waals surface area contributed by atoms with Gasteiger partial charge in [-0.25, -0.2) is 0 Å². The second-order valence-electron chi connectivity index (χ2n) is 5.99. The molecule has 0 bridgehead atoms. The summed E-state index contributed by atoms with van der Waals surface area (Å²) >= 11 is 0. The Kier molecular flexibility index (Phi) is 4.82. The van der Waals surface area contributed by atoms with Crippen LogP contribution in [0.25, 0.3) is 0 Å². The van der Waals surface area contributed by atoms with E-state index in [2.05, 4.69) is 4.90 Å². The van der Waals surface area contributed by atoms with Crippen LogP contribution in [0.3, 0.4) is 0 Å². The van der Waals surface area contributed by atoms with E-state index in [1.807, 2.05) is 6.92 Å². The Labute approximate surface area is 122 Å². The third-order valence-electron chi connectivity index (χ3n) is 4.73. The molecule has 2 heterocycles. The van der Waals surface area contributed by atoms with Crippen LogP contribution >= 0.6 is 0 Å². The highest BCUT2D eigenvalue weighted by Crippen LogP contribution is 2.38. The lowest BCUT2D eigenvalue weighted by atomic mass is 9.90.